The maximum atomic E-state index is 12.6. The Morgan fingerprint density at radius 2 is 1.96 bits per heavy atom. The number of likely N-dealkylation sites (tertiary alicyclic amines) is 1. The molecule has 1 heterocycles. The highest BCUT2D eigenvalue weighted by Crippen LogP contribution is 2.39. The molecule has 0 aromatic heterocycles. The lowest BCUT2D eigenvalue weighted by atomic mass is 10.1. The Balaban J connectivity index is 2.22. The van der Waals surface area contributed by atoms with Gasteiger partial charge in [-0.05, 0) is 29.8 Å². The molecule has 0 spiro atoms. The largest absolute Gasteiger partial charge is 0.411 e. The topological polar surface area (TPSA) is 29.5 Å². The van der Waals surface area contributed by atoms with Gasteiger partial charge in [-0.15, -0.1) is 5.73 Å². The van der Waals surface area contributed by atoms with Crippen LogP contribution in [0, 0.1) is 0 Å². The van der Waals surface area contributed by atoms with E-state index in [1.54, 1.807) is 0 Å². The quantitative estimate of drug-likeness (QED) is 0.581. The number of carbonyl (C=O) groups excluding carboxylic acids is 1. The molecular weight excluding hydrogens is 314 g/mol. The minimum absolute atomic E-state index is 0.0932. The van der Waals surface area contributed by atoms with Gasteiger partial charge in [0.05, 0.1) is 18.6 Å². The number of hydrogen-bond donors (Lipinski definition) is 0. The molecule has 1 aliphatic rings. The lowest BCUT2D eigenvalue weighted by molar-refractivity contribution is -0.129. The Morgan fingerprint density at radius 1 is 1.33 bits per heavy atom. The van der Waals surface area contributed by atoms with E-state index in [0.717, 1.165) is 5.56 Å². The molecule has 1 aromatic carbocycles. The molecule has 1 aliphatic heterocycles. The van der Waals surface area contributed by atoms with E-state index < -0.39 is 8.32 Å². The molecule has 1 amide bonds. The number of nitrogens with zero attached hydrogens (tertiary/aromatic N) is 1. The first-order valence-electron chi connectivity index (χ1n) is 8.53. The number of hydrogen-bond acceptors (Lipinski definition) is 2. The number of amides is 1. The van der Waals surface area contributed by atoms with Crippen LogP contribution in [-0.2, 0) is 15.8 Å². The molecule has 1 aromatic rings. The van der Waals surface area contributed by atoms with Crippen molar-refractivity contribution in [3.63, 3.8) is 0 Å². The molecule has 4 heteroatoms. The van der Waals surface area contributed by atoms with Crippen LogP contribution in [0.2, 0.25) is 18.1 Å². The average molecular weight is 344 g/mol. The van der Waals surface area contributed by atoms with Gasteiger partial charge in [0.2, 0.25) is 5.91 Å². The van der Waals surface area contributed by atoms with Crippen molar-refractivity contribution in [1.82, 2.24) is 4.90 Å². The average Bonchev–Trinajstić information content (AvgIpc) is 2.75. The molecule has 0 N–H and O–H groups in total. The normalized spacial score (nSPS) is 21.7. The third-order valence-corrected chi connectivity index (χ3v) is 9.68. The summed E-state index contributed by atoms with van der Waals surface area (Å²) < 4.78 is 6.54. The van der Waals surface area contributed by atoms with Gasteiger partial charge in [-0.25, -0.2) is 0 Å². The molecule has 0 unspecified atom stereocenters. The van der Waals surface area contributed by atoms with Crippen LogP contribution >= 0.6 is 0 Å². The van der Waals surface area contributed by atoms with Gasteiger partial charge in [0.15, 0.2) is 8.32 Å². The van der Waals surface area contributed by atoms with Crippen molar-refractivity contribution in [3.05, 3.63) is 54.3 Å². The van der Waals surface area contributed by atoms with Gasteiger partial charge in [0.25, 0.3) is 0 Å². The third kappa shape index (κ3) is 4.07. The molecule has 0 aliphatic carbocycles. The molecule has 0 radical (unpaired) electrons. The van der Waals surface area contributed by atoms with Gasteiger partial charge in [-0.3, -0.25) is 4.79 Å². The highest BCUT2D eigenvalue weighted by atomic mass is 28.4. The molecule has 0 bridgehead atoms. The molecule has 3 nitrogen and oxygen atoms in total. The second-order valence-electron chi connectivity index (χ2n) is 7.99. The van der Waals surface area contributed by atoms with Crippen LogP contribution < -0.4 is 0 Å². The zero-order valence-electron chi connectivity index (χ0n) is 15.5. The lowest BCUT2D eigenvalue weighted by Gasteiger charge is -2.39. The molecule has 24 heavy (non-hydrogen) atoms. The molecule has 2 atom stereocenters. The predicted molar refractivity (Wildman–Crippen MR) is 101 cm³/mol. The Hall–Kier alpha value is -1.61. The third-order valence-electron chi connectivity index (χ3n) is 5.17. The van der Waals surface area contributed by atoms with E-state index in [0.29, 0.717) is 13.0 Å². The summed E-state index contributed by atoms with van der Waals surface area (Å²) >= 11 is 0. The summed E-state index contributed by atoms with van der Waals surface area (Å²) in [7, 11) is -1.94. The van der Waals surface area contributed by atoms with Crippen molar-refractivity contribution in [2.45, 2.75) is 64.0 Å². The van der Waals surface area contributed by atoms with E-state index in [-0.39, 0.29) is 23.1 Å². The predicted octanol–water partition coefficient (Wildman–Crippen LogP) is 4.52. The molecule has 1 fully saturated rings. The van der Waals surface area contributed by atoms with Crippen molar-refractivity contribution in [1.29, 1.82) is 0 Å². The van der Waals surface area contributed by atoms with E-state index >= 15 is 0 Å². The van der Waals surface area contributed by atoms with Crippen molar-refractivity contribution >= 4 is 14.2 Å². The van der Waals surface area contributed by atoms with Gasteiger partial charge < -0.3 is 9.33 Å². The minimum atomic E-state index is -1.94. The second kappa shape index (κ2) is 7.10. The van der Waals surface area contributed by atoms with Crippen LogP contribution in [-0.4, -0.2) is 31.3 Å². The summed E-state index contributed by atoms with van der Waals surface area (Å²) in [6.07, 6.45) is 2.20. The van der Waals surface area contributed by atoms with Crippen LogP contribution in [0.1, 0.15) is 32.8 Å². The second-order valence-corrected chi connectivity index (χ2v) is 12.7. The van der Waals surface area contributed by atoms with Crippen molar-refractivity contribution in [2.24, 2.45) is 0 Å². The van der Waals surface area contributed by atoms with Crippen LogP contribution in [0.4, 0.5) is 0 Å². The lowest BCUT2D eigenvalue weighted by Crippen LogP contribution is -2.47. The Kier molecular flexibility index (Phi) is 5.54. The van der Waals surface area contributed by atoms with E-state index in [4.69, 9.17) is 4.43 Å². The van der Waals surface area contributed by atoms with E-state index in [9.17, 15) is 4.79 Å². The van der Waals surface area contributed by atoms with Crippen LogP contribution in [0.3, 0.4) is 0 Å². The smallest absolute Gasteiger partial charge is 0.226 e. The number of rotatable bonds is 5. The molecule has 0 saturated carbocycles. The monoisotopic (exact) mass is 343 g/mol. The molecule has 130 valence electrons. The van der Waals surface area contributed by atoms with Crippen LogP contribution in [0.5, 0.6) is 0 Å². The number of carbonyl (C=O) groups is 1. The standard InChI is InChI=1S/C20H29NO2Si/c1-7-11-17-18(23-24(5,6)20(2,3)4)14-19(22)21(17)15-16-12-9-8-10-13-16/h8-13,17-18H,1,14-15H2,2-6H3/t17-,18-/m0/s1. The van der Waals surface area contributed by atoms with Gasteiger partial charge in [-0.2, -0.15) is 0 Å². The summed E-state index contributed by atoms with van der Waals surface area (Å²) in [5.41, 5.74) is 3.99. The maximum Gasteiger partial charge on any atom is 0.226 e. The fourth-order valence-electron chi connectivity index (χ4n) is 2.74. The Morgan fingerprint density at radius 3 is 2.50 bits per heavy atom. The summed E-state index contributed by atoms with van der Waals surface area (Å²) in [5.74, 6) is 0.138. The summed E-state index contributed by atoms with van der Waals surface area (Å²) in [6.45, 7) is 15.4. The van der Waals surface area contributed by atoms with Crippen LogP contribution in [0.25, 0.3) is 0 Å². The van der Waals surface area contributed by atoms with Gasteiger partial charge in [-0.1, -0.05) is 57.7 Å². The summed E-state index contributed by atoms with van der Waals surface area (Å²) in [6, 6.07) is 9.98. The first-order chi connectivity index (χ1) is 11.2. The molecule has 2 rings (SSSR count). The van der Waals surface area contributed by atoms with Crippen molar-refractivity contribution in [2.75, 3.05) is 0 Å². The highest BCUT2D eigenvalue weighted by Gasteiger charge is 2.45. The fourth-order valence-corrected chi connectivity index (χ4v) is 4.07. The Labute approximate surface area is 147 Å². The van der Waals surface area contributed by atoms with Crippen molar-refractivity contribution in [3.8, 4) is 0 Å². The first-order valence-corrected chi connectivity index (χ1v) is 11.4. The van der Waals surface area contributed by atoms with Gasteiger partial charge in [0.1, 0.15) is 0 Å². The fraction of sp³-hybridized carbons (Fsp3) is 0.500. The molecular formula is C20H29NO2Si. The maximum absolute atomic E-state index is 12.6. The number of benzene rings is 1. The Bertz CT molecular complexity index is 627. The van der Waals surface area contributed by atoms with Crippen molar-refractivity contribution < 1.29 is 9.22 Å². The summed E-state index contributed by atoms with van der Waals surface area (Å²) in [5, 5.41) is 0.116. The van der Waals surface area contributed by atoms with Gasteiger partial charge in [0, 0.05) is 6.54 Å². The summed E-state index contributed by atoms with van der Waals surface area (Å²) in [4.78, 5) is 14.5. The highest BCUT2D eigenvalue weighted by molar-refractivity contribution is 6.74. The van der Waals surface area contributed by atoms with Gasteiger partial charge >= 0.3 is 0 Å². The zero-order chi connectivity index (χ0) is 18.0. The van der Waals surface area contributed by atoms with E-state index in [1.165, 1.54) is 0 Å². The molecule has 1 saturated heterocycles. The minimum Gasteiger partial charge on any atom is -0.411 e. The van der Waals surface area contributed by atoms with E-state index in [2.05, 4.69) is 46.2 Å². The van der Waals surface area contributed by atoms with Crippen LogP contribution in [0.15, 0.2) is 48.7 Å². The first kappa shape index (κ1) is 18.7. The van der Waals surface area contributed by atoms with E-state index in [1.807, 2.05) is 41.3 Å². The SMILES string of the molecule is C=C=C[C@H]1[C@@H](O[Si](C)(C)C(C)(C)C)CC(=O)N1Cc1ccccc1. The zero-order valence-corrected chi connectivity index (χ0v) is 16.5.